The van der Waals surface area contributed by atoms with Crippen molar-refractivity contribution in [2.75, 3.05) is 20.3 Å². The van der Waals surface area contributed by atoms with Crippen molar-refractivity contribution >= 4 is 11.9 Å². The van der Waals surface area contributed by atoms with Crippen LogP contribution in [0.25, 0.3) is 0 Å². The van der Waals surface area contributed by atoms with Crippen molar-refractivity contribution in [1.29, 1.82) is 0 Å². The van der Waals surface area contributed by atoms with Crippen molar-refractivity contribution in [2.45, 2.75) is 25.7 Å². The molecule has 0 atom stereocenters. The molecule has 2 bridgehead atoms. The molecule has 0 aromatic rings. The fraction of sp³-hybridized carbons (Fsp3) is 0.818. The number of carboxylic acid groups (broad SMARTS) is 1. The van der Waals surface area contributed by atoms with Gasteiger partial charge in [0.05, 0.1) is 31.2 Å². The van der Waals surface area contributed by atoms with Gasteiger partial charge in [-0.1, -0.05) is 0 Å². The molecule has 5 heteroatoms. The van der Waals surface area contributed by atoms with E-state index in [0.717, 1.165) is 0 Å². The number of hydrogen-bond acceptors (Lipinski definition) is 4. The molecule has 90 valence electrons. The topological polar surface area (TPSA) is 72.8 Å². The predicted molar refractivity (Wildman–Crippen MR) is 53.8 cm³/mol. The second-order valence-corrected chi connectivity index (χ2v) is 4.85. The third-order valence-corrected chi connectivity index (χ3v) is 3.99. The quantitative estimate of drug-likeness (QED) is 0.708. The lowest BCUT2D eigenvalue weighted by molar-refractivity contribution is -0.160. The standard InChI is InChI=1S/C11H16O5/c1-15-9(14)11-4-2-10(3-5-11,8(12)13)6-16-7-11/h2-7H2,1H3,(H,12,13). The van der Waals surface area contributed by atoms with Gasteiger partial charge in [0.15, 0.2) is 0 Å². The Balaban J connectivity index is 2.23. The van der Waals surface area contributed by atoms with Gasteiger partial charge < -0.3 is 14.6 Å². The molecule has 16 heavy (non-hydrogen) atoms. The minimum atomic E-state index is -0.812. The Kier molecular flexibility index (Phi) is 2.66. The maximum absolute atomic E-state index is 11.7. The highest BCUT2D eigenvalue weighted by molar-refractivity contribution is 5.79. The van der Waals surface area contributed by atoms with Crippen LogP contribution >= 0.6 is 0 Å². The summed E-state index contributed by atoms with van der Waals surface area (Å²) in [5.74, 6) is -1.08. The molecule has 2 heterocycles. The SMILES string of the molecule is COC(=O)C12CCC(C(=O)O)(CC1)COC2. The first-order chi connectivity index (χ1) is 7.55. The van der Waals surface area contributed by atoms with Crippen molar-refractivity contribution in [1.82, 2.24) is 0 Å². The van der Waals surface area contributed by atoms with Gasteiger partial charge in [-0.15, -0.1) is 0 Å². The molecule has 0 unspecified atom stereocenters. The molecule has 0 aromatic carbocycles. The van der Waals surface area contributed by atoms with Crippen LogP contribution in [0.4, 0.5) is 0 Å². The molecular formula is C11H16O5. The number of ether oxygens (including phenoxy) is 2. The maximum atomic E-state index is 11.7. The molecule has 0 aromatic heterocycles. The van der Waals surface area contributed by atoms with E-state index in [9.17, 15) is 14.7 Å². The van der Waals surface area contributed by atoms with Gasteiger partial charge in [0.2, 0.25) is 0 Å². The molecule has 0 spiro atoms. The van der Waals surface area contributed by atoms with E-state index in [1.807, 2.05) is 0 Å². The monoisotopic (exact) mass is 228 g/mol. The van der Waals surface area contributed by atoms with E-state index in [1.165, 1.54) is 7.11 Å². The van der Waals surface area contributed by atoms with Crippen molar-refractivity contribution in [2.24, 2.45) is 10.8 Å². The van der Waals surface area contributed by atoms with Crippen LogP contribution in [0, 0.1) is 10.8 Å². The average molecular weight is 228 g/mol. The first kappa shape index (κ1) is 11.4. The molecule has 3 fully saturated rings. The molecular weight excluding hydrogens is 212 g/mol. The first-order valence-corrected chi connectivity index (χ1v) is 5.44. The number of fused-ring (bicyclic) bond motifs is 4. The molecule has 0 radical (unpaired) electrons. The lowest BCUT2D eigenvalue weighted by Gasteiger charge is -2.36. The van der Waals surface area contributed by atoms with Crippen LogP contribution in [0.15, 0.2) is 0 Å². The van der Waals surface area contributed by atoms with Crippen molar-refractivity contribution < 1.29 is 24.2 Å². The van der Waals surface area contributed by atoms with Gasteiger partial charge in [0.25, 0.3) is 0 Å². The summed E-state index contributed by atoms with van der Waals surface area (Å²) >= 11 is 0. The summed E-state index contributed by atoms with van der Waals surface area (Å²) in [4.78, 5) is 23.0. The van der Waals surface area contributed by atoms with E-state index in [1.54, 1.807) is 0 Å². The number of carbonyl (C=O) groups is 2. The summed E-state index contributed by atoms with van der Waals surface area (Å²) in [6, 6.07) is 0. The molecule has 0 amide bonds. The number of esters is 1. The minimum Gasteiger partial charge on any atom is -0.481 e. The third-order valence-electron chi connectivity index (χ3n) is 3.99. The second-order valence-electron chi connectivity index (χ2n) is 4.85. The van der Waals surface area contributed by atoms with E-state index in [2.05, 4.69) is 0 Å². The van der Waals surface area contributed by atoms with Crippen LogP contribution in [-0.2, 0) is 19.1 Å². The fourth-order valence-corrected chi connectivity index (χ4v) is 2.69. The van der Waals surface area contributed by atoms with E-state index in [-0.39, 0.29) is 19.2 Å². The van der Waals surface area contributed by atoms with Gasteiger partial charge in [0, 0.05) is 0 Å². The van der Waals surface area contributed by atoms with E-state index >= 15 is 0 Å². The molecule has 3 rings (SSSR count). The number of carboxylic acids is 1. The fourth-order valence-electron chi connectivity index (χ4n) is 2.69. The Hall–Kier alpha value is -1.10. The Morgan fingerprint density at radius 3 is 2.12 bits per heavy atom. The van der Waals surface area contributed by atoms with Gasteiger partial charge in [-0.25, -0.2) is 0 Å². The number of rotatable bonds is 2. The van der Waals surface area contributed by atoms with Crippen LogP contribution in [-0.4, -0.2) is 37.4 Å². The summed E-state index contributed by atoms with van der Waals surface area (Å²) in [5, 5.41) is 9.22. The molecule has 3 aliphatic rings. The van der Waals surface area contributed by atoms with Gasteiger partial charge in [-0.2, -0.15) is 0 Å². The lowest BCUT2D eigenvalue weighted by Crippen LogP contribution is -2.42. The highest BCUT2D eigenvalue weighted by Crippen LogP contribution is 2.49. The van der Waals surface area contributed by atoms with Crippen LogP contribution in [0.3, 0.4) is 0 Å². The molecule has 1 N–H and O–H groups in total. The first-order valence-electron chi connectivity index (χ1n) is 5.44. The number of methoxy groups -OCH3 is 1. The largest absolute Gasteiger partial charge is 0.481 e. The number of carbonyl (C=O) groups excluding carboxylic acids is 1. The highest BCUT2D eigenvalue weighted by atomic mass is 16.5. The lowest BCUT2D eigenvalue weighted by atomic mass is 9.65. The predicted octanol–water partition coefficient (Wildman–Crippen LogP) is 0.821. The zero-order valence-corrected chi connectivity index (χ0v) is 9.32. The number of hydrogen-bond donors (Lipinski definition) is 1. The number of aliphatic carboxylic acids is 1. The Morgan fingerprint density at radius 2 is 1.62 bits per heavy atom. The van der Waals surface area contributed by atoms with Gasteiger partial charge >= 0.3 is 11.9 Å². The van der Waals surface area contributed by atoms with E-state index < -0.39 is 16.8 Å². The molecule has 2 saturated heterocycles. The second kappa shape index (κ2) is 3.73. The van der Waals surface area contributed by atoms with Crippen LogP contribution in [0.1, 0.15) is 25.7 Å². The van der Waals surface area contributed by atoms with Gasteiger partial charge in [-0.3, -0.25) is 9.59 Å². The van der Waals surface area contributed by atoms with Crippen molar-refractivity contribution in [3.05, 3.63) is 0 Å². The van der Waals surface area contributed by atoms with Crippen LogP contribution < -0.4 is 0 Å². The van der Waals surface area contributed by atoms with Crippen molar-refractivity contribution in [3.8, 4) is 0 Å². The van der Waals surface area contributed by atoms with Gasteiger partial charge in [-0.05, 0) is 25.7 Å². The minimum absolute atomic E-state index is 0.209. The molecule has 2 aliphatic heterocycles. The normalized spacial score (nSPS) is 37.8. The Morgan fingerprint density at radius 1 is 1.12 bits per heavy atom. The molecule has 5 nitrogen and oxygen atoms in total. The highest BCUT2D eigenvalue weighted by Gasteiger charge is 2.54. The Labute approximate surface area is 93.7 Å². The van der Waals surface area contributed by atoms with E-state index in [0.29, 0.717) is 25.7 Å². The third kappa shape index (κ3) is 1.50. The summed E-state index contributed by atoms with van der Waals surface area (Å²) in [6.07, 6.45) is 2.09. The molecule has 1 aliphatic carbocycles. The summed E-state index contributed by atoms with van der Waals surface area (Å²) in [6.45, 7) is 0.496. The summed E-state index contributed by atoms with van der Waals surface area (Å²) in [5.41, 5.74) is -1.39. The summed E-state index contributed by atoms with van der Waals surface area (Å²) in [7, 11) is 1.36. The zero-order valence-electron chi connectivity index (χ0n) is 9.32. The average Bonchev–Trinajstić information content (AvgIpc) is 2.60. The van der Waals surface area contributed by atoms with Crippen LogP contribution in [0.5, 0.6) is 0 Å². The van der Waals surface area contributed by atoms with E-state index in [4.69, 9.17) is 9.47 Å². The molecule has 1 saturated carbocycles. The maximum Gasteiger partial charge on any atom is 0.314 e. The summed E-state index contributed by atoms with van der Waals surface area (Å²) < 4.78 is 10.2. The van der Waals surface area contributed by atoms with Gasteiger partial charge in [0.1, 0.15) is 0 Å². The van der Waals surface area contributed by atoms with Crippen molar-refractivity contribution in [3.63, 3.8) is 0 Å². The van der Waals surface area contributed by atoms with Crippen LogP contribution in [0.2, 0.25) is 0 Å². The smallest absolute Gasteiger partial charge is 0.314 e. The Bertz CT molecular complexity index is 314. The zero-order chi connectivity index (χ0) is 11.8.